The minimum absolute atomic E-state index is 0.708. The smallest absolute Gasteiger partial charge is 0.133 e. The van der Waals surface area contributed by atoms with E-state index in [1.165, 1.54) is 83.5 Å². The van der Waals surface area contributed by atoms with E-state index in [1.54, 1.807) is 6.08 Å². The summed E-state index contributed by atoms with van der Waals surface area (Å²) in [6, 6.07) is 0. The fraction of sp³-hybridized carbons (Fsp3) is 0.727. The Kier molecular flexibility index (Phi) is 18.2. The highest BCUT2D eigenvalue weighted by Crippen LogP contribution is 2.11. The highest BCUT2D eigenvalue weighted by Gasteiger charge is 1.92. The van der Waals surface area contributed by atoms with Crippen molar-refractivity contribution in [2.45, 2.75) is 103 Å². The van der Waals surface area contributed by atoms with E-state index in [0.717, 1.165) is 6.42 Å². The van der Waals surface area contributed by atoms with E-state index < -0.39 is 6.10 Å². The molecule has 1 nitrogen and oxygen atoms in total. The molecule has 23 heavy (non-hydrogen) atoms. The van der Waals surface area contributed by atoms with Crippen LogP contribution in [0.5, 0.6) is 0 Å². The van der Waals surface area contributed by atoms with Gasteiger partial charge in [-0.15, -0.1) is 6.42 Å². The number of terminal acetylenes is 1. The molecule has 0 saturated carbocycles. The highest BCUT2D eigenvalue weighted by atomic mass is 16.3. The van der Waals surface area contributed by atoms with Crippen LogP contribution in [-0.4, -0.2) is 11.2 Å². The van der Waals surface area contributed by atoms with Crippen LogP contribution in [0.3, 0.4) is 0 Å². The number of allylic oxidation sites excluding steroid dienone is 3. The van der Waals surface area contributed by atoms with Gasteiger partial charge in [-0.25, -0.2) is 0 Å². The Morgan fingerprint density at radius 2 is 1.17 bits per heavy atom. The Morgan fingerprint density at radius 3 is 1.65 bits per heavy atom. The van der Waals surface area contributed by atoms with E-state index in [0.29, 0.717) is 0 Å². The monoisotopic (exact) mass is 318 g/mol. The lowest BCUT2D eigenvalue weighted by atomic mass is 10.1. The Morgan fingerprint density at radius 1 is 0.739 bits per heavy atom. The molecule has 0 amide bonds. The van der Waals surface area contributed by atoms with Crippen LogP contribution in [0.25, 0.3) is 0 Å². The van der Waals surface area contributed by atoms with Crippen molar-refractivity contribution >= 4 is 0 Å². The summed E-state index contributed by atoms with van der Waals surface area (Å²) < 4.78 is 0. The SMILES string of the molecule is C#CC(O)/C=C/CCCCCCCCC/C=C\CCCCCC. The maximum Gasteiger partial charge on any atom is 0.133 e. The molecule has 0 fully saturated rings. The normalized spacial score (nSPS) is 12.9. The zero-order chi connectivity index (χ0) is 17.0. The topological polar surface area (TPSA) is 20.2 Å². The lowest BCUT2D eigenvalue weighted by Gasteiger charge is -2.00. The highest BCUT2D eigenvalue weighted by molar-refractivity contribution is 5.05. The Balaban J connectivity index is 3.15. The summed E-state index contributed by atoms with van der Waals surface area (Å²) in [6.07, 6.45) is 31.1. The minimum atomic E-state index is -0.708. The van der Waals surface area contributed by atoms with E-state index in [-0.39, 0.29) is 0 Å². The standard InChI is InChI=1S/C22H38O/c1-3-5-6-7-8-9-10-11-12-13-14-15-16-17-18-19-20-21-22(23)4-2/h2,9-10,20-23H,3,5-8,11-19H2,1H3/b10-9-,21-20+. The molecule has 0 aliphatic rings. The molecule has 0 saturated heterocycles. The predicted molar refractivity (Wildman–Crippen MR) is 103 cm³/mol. The second-order valence-corrected chi connectivity index (χ2v) is 6.41. The molecule has 1 N–H and O–H groups in total. The number of aliphatic hydroxyl groups is 1. The van der Waals surface area contributed by atoms with Gasteiger partial charge in [0, 0.05) is 0 Å². The quantitative estimate of drug-likeness (QED) is 0.194. The first-order valence-electron chi connectivity index (χ1n) is 9.77. The van der Waals surface area contributed by atoms with Gasteiger partial charge in [-0.05, 0) is 44.6 Å². The van der Waals surface area contributed by atoms with Gasteiger partial charge in [0.1, 0.15) is 6.10 Å². The summed E-state index contributed by atoms with van der Waals surface area (Å²) in [7, 11) is 0. The lowest BCUT2D eigenvalue weighted by molar-refractivity contribution is 0.280. The van der Waals surface area contributed by atoms with Crippen LogP contribution in [0.1, 0.15) is 96.8 Å². The molecule has 0 bridgehead atoms. The van der Waals surface area contributed by atoms with E-state index in [4.69, 9.17) is 11.5 Å². The van der Waals surface area contributed by atoms with Crippen LogP contribution >= 0.6 is 0 Å². The maximum atomic E-state index is 9.16. The van der Waals surface area contributed by atoms with Crippen LogP contribution in [0.4, 0.5) is 0 Å². The number of hydrogen-bond acceptors (Lipinski definition) is 1. The summed E-state index contributed by atoms with van der Waals surface area (Å²) in [5.74, 6) is 2.28. The third kappa shape index (κ3) is 19.0. The zero-order valence-corrected chi connectivity index (χ0v) is 15.3. The fourth-order valence-electron chi connectivity index (χ4n) is 2.61. The molecule has 1 unspecified atom stereocenters. The van der Waals surface area contributed by atoms with Crippen molar-refractivity contribution in [1.82, 2.24) is 0 Å². The Bertz CT molecular complexity index is 321. The number of aliphatic hydroxyl groups excluding tert-OH is 1. The van der Waals surface area contributed by atoms with Crippen molar-refractivity contribution in [3.63, 3.8) is 0 Å². The van der Waals surface area contributed by atoms with Crippen LogP contribution in [0.2, 0.25) is 0 Å². The summed E-state index contributed by atoms with van der Waals surface area (Å²) >= 11 is 0. The predicted octanol–water partition coefficient (Wildman–Crippen LogP) is 6.57. The molecule has 1 atom stereocenters. The second kappa shape index (κ2) is 19.0. The summed E-state index contributed by atoms with van der Waals surface area (Å²) in [5.41, 5.74) is 0. The van der Waals surface area contributed by atoms with Gasteiger partial charge in [0.2, 0.25) is 0 Å². The lowest BCUT2D eigenvalue weighted by Crippen LogP contribution is -1.95. The van der Waals surface area contributed by atoms with Crippen LogP contribution < -0.4 is 0 Å². The van der Waals surface area contributed by atoms with Crippen molar-refractivity contribution in [2.75, 3.05) is 0 Å². The molecule has 0 aromatic rings. The molecular weight excluding hydrogens is 280 g/mol. The van der Waals surface area contributed by atoms with Gasteiger partial charge in [0.25, 0.3) is 0 Å². The van der Waals surface area contributed by atoms with Gasteiger partial charge >= 0.3 is 0 Å². The first-order chi connectivity index (χ1) is 11.3. The van der Waals surface area contributed by atoms with E-state index in [9.17, 15) is 0 Å². The Labute approximate surface area is 145 Å². The summed E-state index contributed by atoms with van der Waals surface area (Å²) in [4.78, 5) is 0. The molecule has 0 aromatic heterocycles. The van der Waals surface area contributed by atoms with Crippen molar-refractivity contribution in [3.05, 3.63) is 24.3 Å². The summed E-state index contributed by atoms with van der Waals surface area (Å²) in [5, 5.41) is 9.16. The minimum Gasteiger partial charge on any atom is -0.377 e. The van der Waals surface area contributed by atoms with Gasteiger partial charge in [0.15, 0.2) is 0 Å². The fourth-order valence-corrected chi connectivity index (χ4v) is 2.61. The number of hydrogen-bond donors (Lipinski definition) is 1. The largest absolute Gasteiger partial charge is 0.377 e. The third-order valence-electron chi connectivity index (χ3n) is 4.12. The van der Waals surface area contributed by atoms with E-state index >= 15 is 0 Å². The molecule has 0 heterocycles. The number of rotatable bonds is 16. The third-order valence-corrected chi connectivity index (χ3v) is 4.12. The first kappa shape index (κ1) is 22.0. The van der Waals surface area contributed by atoms with Gasteiger partial charge in [-0.2, -0.15) is 0 Å². The molecule has 0 aliphatic carbocycles. The molecule has 0 aromatic carbocycles. The molecule has 1 heteroatoms. The van der Waals surface area contributed by atoms with E-state index in [2.05, 4.69) is 25.0 Å². The summed E-state index contributed by atoms with van der Waals surface area (Å²) in [6.45, 7) is 2.26. The van der Waals surface area contributed by atoms with Crippen molar-refractivity contribution < 1.29 is 5.11 Å². The zero-order valence-electron chi connectivity index (χ0n) is 15.3. The second-order valence-electron chi connectivity index (χ2n) is 6.41. The molecule has 132 valence electrons. The Hall–Kier alpha value is -1.00. The first-order valence-corrected chi connectivity index (χ1v) is 9.77. The van der Waals surface area contributed by atoms with Crippen LogP contribution in [0.15, 0.2) is 24.3 Å². The van der Waals surface area contributed by atoms with Gasteiger partial charge < -0.3 is 5.11 Å². The average Bonchev–Trinajstić information content (AvgIpc) is 2.57. The van der Waals surface area contributed by atoms with Gasteiger partial charge in [-0.1, -0.05) is 82.4 Å². The van der Waals surface area contributed by atoms with Gasteiger partial charge in [-0.3, -0.25) is 0 Å². The molecule has 0 aliphatic heterocycles. The molecule has 0 spiro atoms. The van der Waals surface area contributed by atoms with Crippen molar-refractivity contribution in [1.29, 1.82) is 0 Å². The van der Waals surface area contributed by atoms with Crippen molar-refractivity contribution in [3.8, 4) is 12.3 Å². The molecular formula is C22H38O. The van der Waals surface area contributed by atoms with Crippen LogP contribution in [0, 0.1) is 12.3 Å². The van der Waals surface area contributed by atoms with Gasteiger partial charge in [0.05, 0.1) is 0 Å². The van der Waals surface area contributed by atoms with Crippen molar-refractivity contribution in [2.24, 2.45) is 0 Å². The van der Waals surface area contributed by atoms with Crippen LogP contribution in [-0.2, 0) is 0 Å². The average molecular weight is 319 g/mol. The maximum absolute atomic E-state index is 9.16. The number of unbranched alkanes of at least 4 members (excludes halogenated alkanes) is 12. The molecule has 0 radical (unpaired) electrons. The molecule has 0 rings (SSSR count). The van der Waals surface area contributed by atoms with E-state index in [1.807, 2.05) is 6.08 Å².